The Morgan fingerprint density at radius 1 is 1.13 bits per heavy atom. The molecule has 2 aromatic rings. The first-order chi connectivity index (χ1) is 14.6. The van der Waals surface area contributed by atoms with Gasteiger partial charge in [-0.15, -0.1) is 0 Å². The lowest BCUT2D eigenvalue weighted by atomic mass is 9.87. The van der Waals surface area contributed by atoms with Crippen LogP contribution in [0, 0.1) is 5.92 Å². The molecule has 0 bridgehead atoms. The van der Waals surface area contributed by atoms with Crippen LogP contribution in [0.25, 0.3) is 0 Å². The maximum atomic E-state index is 13.2. The molecule has 2 aromatic carbocycles. The van der Waals surface area contributed by atoms with Crippen LogP contribution in [0.3, 0.4) is 0 Å². The van der Waals surface area contributed by atoms with Crippen LogP contribution in [-0.2, 0) is 20.2 Å². The first-order valence-electron chi connectivity index (χ1n) is 9.97. The zero-order chi connectivity index (χ0) is 22.6. The average molecular weight is 465 g/mol. The van der Waals surface area contributed by atoms with E-state index in [2.05, 4.69) is 4.72 Å². The highest BCUT2D eigenvalue weighted by Gasteiger charge is 2.43. The SMILES string of the molecule is COc1cc(OC)c(NS(=O)(=O)c2ccc3c(c2)C(C)(C)CN3C(=O)C2CC2)cc1Cl. The fourth-order valence-electron chi connectivity index (χ4n) is 3.92. The van der Waals surface area contributed by atoms with E-state index in [1.807, 2.05) is 13.8 Å². The number of nitrogens with one attached hydrogen (secondary N) is 1. The fraction of sp³-hybridized carbons (Fsp3) is 0.409. The highest BCUT2D eigenvalue weighted by atomic mass is 35.5. The minimum atomic E-state index is -3.93. The molecule has 4 rings (SSSR count). The van der Waals surface area contributed by atoms with Gasteiger partial charge in [0.25, 0.3) is 10.0 Å². The molecule has 0 aromatic heterocycles. The van der Waals surface area contributed by atoms with Gasteiger partial charge in [0, 0.05) is 29.6 Å². The molecule has 31 heavy (non-hydrogen) atoms. The Morgan fingerprint density at radius 2 is 1.81 bits per heavy atom. The first-order valence-corrected chi connectivity index (χ1v) is 11.8. The van der Waals surface area contributed by atoms with Crippen molar-refractivity contribution in [2.24, 2.45) is 5.92 Å². The molecule has 1 aliphatic heterocycles. The molecule has 166 valence electrons. The average Bonchev–Trinajstić information content (AvgIpc) is 3.53. The van der Waals surface area contributed by atoms with Gasteiger partial charge in [0.05, 0.1) is 29.8 Å². The van der Waals surface area contributed by atoms with Crippen LogP contribution in [0.5, 0.6) is 11.5 Å². The standard InChI is InChI=1S/C22H25ClN2O5S/c1-22(2)12-25(21(26)13-5-6-13)18-8-7-14(9-15(18)22)31(27,28)24-17-10-16(23)19(29-3)11-20(17)30-4/h7-11,13,24H,5-6,12H2,1-4H3. The van der Waals surface area contributed by atoms with Crippen molar-refractivity contribution in [3.05, 3.63) is 40.9 Å². The number of carbonyl (C=O) groups excluding carboxylic acids is 1. The van der Waals surface area contributed by atoms with Crippen molar-refractivity contribution in [3.8, 4) is 11.5 Å². The lowest BCUT2D eigenvalue weighted by Gasteiger charge is -2.20. The number of methoxy groups -OCH3 is 2. The molecule has 0 spiro atoms. The second kappa shape index (κ2) is 7.60. The summed E-state index contributed by atoms with van der Waals surface area (Å²) in [6.45, 7) is 4.57. The predicted molar refractivity (Wildman–Crippen MR) is 120 cm³/mol. The quantitative estimate of drug-likeness (QED) is 0.692. The largest absolute Gasteiger partial charge is 0.495 e. The molecule has 9 heteroatoms. The van der Waals surface area contributed by atoms with Crippen molar-refractivity contribution in [3.63, 3.8) is 0 Å². The summed E-state index contributed by atoms with van der Waals surface area (Å²) < 4.78 is 39.3. The van der Waals surface area contributed by atoms with Crippen LogP contribution in [0.1, 0.15) is 32.3 Å². The van der Waals surface area contributed by atoms with Crippen LogP contribution >= 0.6 is 11.6 Å². The molecule has 0 atom stereocenters. The van der Waals surface area contributed by atoms with Crippen molar-refractivity contribution in [1.82, 2.24) is 0 Å². The Balaban J connectivity index is 1.69. The second-order valence-corrected chi connectivity index (χ2v) is 10.6. The Kier molecular flexibility index (Phi) is 5.34. The number of anilines is 2. The van der Waals surface area contributed by atoms with E-state index in [0.717, 1.165) is 24.1 Å². The molecule has 1 amide bonds. The smallest absolute Gasteiger partial charge is 0.262 e. The van der Waals surface area contributed by atoms with E-state index < -0.39 is 10.0 Å². The summed E-state index contributed by atoms with van der Waals surface area (Å²) in [6.07, 6.45) is 1.85. The number of carbonyl (C=O) groups is 1. The second-order valence-electron chi connectivity index (χ2n) is 8.55. The van der Waals surface area contributed by atoms with Crippen LogP contribution < -0.4 is 19.1 Å². The molecular formula is C22H25ClN2O5S. The van der Waals surface area contributed by atoms with Crippen LogP contribution in [0.15, 0.2) is 35.2 Å². The third kappa shape index (κ3) is 3.94. The molecule has 2 aliphatic rings. The van der Waals surface area contributed by atoms with Crippen molar-refractivity contribution in [1.29, 1.82) is 0 Å². The number of ether oxygens (including phenoxy) is 2. The number of rotatable bonds is 6. The number of nitrogens with zero attached hydrogens (tertiary/aromatic N) is 1. The maximum absolute atomic E-state index is 13.2. The number of amides is 1. The van der Waals surface area contributed by atoms with E-state index in [9.17, 15) is 13.2 Å². The Bertz CT molecular complexity index is 1160. The van der Waals surface area contributed by atoms with E-state index in [-0.39, 0.29) is 38.6 Å². The summed E-state index contributed by atoms with van der Waals surface area (Å²) in [4.78, 5) is 14.6. The van der Waals surface area contributed by atoms with E-state index in [4.69, 9.17) is 21.1 Å². The van der Waals surface area contributed by atoms with Gasteiger partial charge in [0.2, 0.25) is 5.91 Å². The molecule has 1 fully saturated rings. The number of fused-ring (bicyclic) bond motifs is 1. The monoisotopic (exact) mass is 464 g/mol. The van der Waals surface area contributed by atoms with Gasteiger partial charge in [-0.1, -0.05) is 25.4 Å². The van der Waals surface area contributed by atoms with E-state index in [1.54, 1.807) is 17.0 Å². The van der Waals surface area contributed by atoms with Gasteiger partial charge in [-0.2, -0.15) is 0 Å². The Hall–Kier alpha value is -2.45. The summed E-state index contributed by atoms with van der Waals surface area (Å²) in [6, 6.07) is 7.86. The summed E-state index contributed by atoms with van der Waals surface area (Å²) >= 11 is 6.17. The van der Waals surface area contributed by atoms with Crippen molar-refractivity contribution < 1.29 is 22.7 Å². The zero-order valence-corrected chi connectivity index (χ0v) is 19.4. The molecule has 1 heterocycles. The number of hydrogen-bond donors (Lipinski definition) is 1. The topological polar surface area (TPSA) is 84.9 Å². The molecule has 1 aliphatic carbocycles. The van der Waals surface area contributed by atoms with Gasteiger partial charge >= 0.3 is 0 Å². The third-order valence-corrected chi connectivity index (χ3v) is 7.42. The van der Waals surface area contributed by atoms with E-state index in [1.165, 1.54) is 32.4 Å². The minimum Gasteiger partial charge on any atom is -0.495 e. The lowest BCUT2D eigenvalue weighted by Crippen LogP contribution is -2.34. The molecule has 7 nitrogen and oxygen atoms in total. The maximum Gasteiger partial charge on any atom is 0.262 e. The minimum absolute atomic E-state index is 0.0964. The highest BCUT2D eigenvalue weighted by molar-refractivity contribution is 7.92. The summed E-state index contributed by atoms with van der Waals surface area (Å²) in [5.74, 6) is 0.881. The molecule has 0 unspecified atom stereocenters. The van der Waals surface area contributed by atoms with Crippen molar-refractivity contribution >= 4 is 38.9 Å². The van der Waals surface area contributed by atoms with Gasteiger partial charge in [-0.25, -0.2) is 8.42 Å². The van der Waals surface area contributed by atoms with Gasteiger partial charge in [-0.05, 0) is 42.7 Å². The van der Waals surface area contributed by atoms with Gasteiger partial charge in [0.15, 0.2) is 0 Å². The van der Waals surface area contributed by atoms with Crippen LogP contribution in [0.2, 0.25) is 5.02 Å². The van der Waals surface area contributed by atoms with Crippen molar-refractivity contribution in [2.45, 2.75) is 37.0 Å². The number of sulfonamides is 1. The number of benzene rings is 2. The number of halogens is 1. The zero-order valence-electron chi connectivity index (χ0n) is 17.9. The lowest BCUT2D eigenvalue weighted by molar-refractivity contribution is -0.119. The first kappa shape index (κ1) is 21.8. The normalized spacial score (nSPS) is 17.3. The summed E-state index contributed by atoms with van der Waals surface area (Å²) in [5, 5.41) is 0.255. The van der Waals surface area contributed by atoms with Crippen LogP contribution in [-0.4, -0.2) is 35.1 Å². The Morgan fingerprint density at radius 3 is 2.42 bits per heavy atom. The molecule has 0 saturated heterocycles. The van der Waals surface area contributed by atoms with Gasteiger partial charge in [0.1, 0.15) is 11.5 Å². The fourth-order valence-corrected chi connectivity index (χ4v) is 5.24. The van der Waals surface area contributed by atoms with Crippen molar-refractivity contribution in [2.75, 3.05) is 30.4 Å². The highest BCUT2D eigenvalue weighted by Crippen LogP contribution is 2.45. The predicted octanol–water partition coefficient (Wildman–Crippen LogP) is 4.19. The van der Waals surface area contributed by atoms with E-state index >= 15 is 0 Å². The third-order valence-electron chi connectivity index (χ3n) is 5.76. The Labute approximate surface area is 187 Å². The summed E-state index contributed by atoms with van der Waals surface area (Å²) in [5.41, 5.74) is 1.47. The van der Waals surface area contributed by atoms with Crippen LogP contribution in [0.4, 0.5) is 11.4 Å². The molecule has 1 saturated carbocycles. The molecule has 1 N–H and O–H groups in total. The van der Waals surface area contributed by atoms with Gasteiger partial charge < -0.3 is 14.4 Å². The van der Waals surface area contributed by atoms with Gasteiger partial charge in [-0.3, -0.25) is 9.52 Å². The number of hydrogen-bond acceptors (Lipinski definition) is 5. The molecular weight excluding hydrogens is 440 g/mol. The summed E-state index contributed by atoms with van der Waals surface area (Å²) in [7, 11) is -1.03. The molecule has 0 radical (unpaired) electrons. The van der Waals surface area contributed by atoms with E-state index in [0.29, 0.717) is 12.3 Å².